The van der Waals surface area contributed by atoms with Gasteiger partial charge in [-0.1, -0.05) is 0 Å². The number of fused-ring (bicyclic) bond motifs is 2. The molecule has 0 radical (unpaired) electrons. The molecule has 1 aliphatic carbocycles. The predicted molar refractivity (Wildman–Crippen MR) is 97.9 cm³/mol. The van der Waals surface area contributed by atoms with Crippen molar-refractivity contribution in [3.63, 3.8) is 0 Å². The van der Waals surface area contributed by atoms with Gasteiger partial charge in [0.2, 0.25) is 5.91 Å². The van der Waals surface area contributed by atoms with E-state index >= 15 is 0 Å². The number of amides is 1. The second kappa shape index (κ2) is 6.46. The van der Waals surface area contributed by atoms with Crippen molar-refractivity contribution in [3.05, 3.63) is 18.6 Å². The van der Waals surface area contributed by atoms with E-state index in [4.69, 9.17) is 0 Å². The number of aromatic nitrogens is 3. The van der Waals surface area contributed by atoms with E-state index in [9.17, 15) is 4.79 Å². The molecule has 2 aromatic heterocycles. The molecule has 0 aromatic carbocycles. The van der Waals surface area contributed by atoms with Crippen molar-refractivity contribution in [1.29, 1.82) is 0 Å². The van der Waals surface area contributed by atoms with Crippen molar-refractivity contribution in [1.82, 2.24) is 19.9 Å². The number of aromatic amines is 1. The van der Waals surface area contributed by atoms with Gasteiger partial charge in [0.1, 0.15) is 17.8 Å². The maximum atomic E-state index is 12.2. The van der Waals surface area contributed by atoms with Crippen molar-refractivity contribution in [2.24, 2.45) is 16.8 Å². The Morgan fingerprint density at radius 2 is 2.16 bits per heavy atom. The lowest BCUT2D eigenvalue weighted by atomic mass is 10.0. The van der Waals surface area contributed by atoms with Gasteiger partial charge in [-0.2, -0.15) is 0 Å². The third-order valence-electron chi connectivity index (χ3n) is 5.74. The molecule has 2 aromatic rings. The van der Waals surface area contributed by atoms with Crippen LogP contribution in [0.15, 0.2) is 23.6 Å². The van der Waals surface area contributed by atoms with E-state index in [-0.39, 0.29) is 5.91 Å². The maximum Gasteiger partial charge on any atom is 0.227 e. The first-order valence-corrected chi connectivity index (χ1v) is 8.86. The van der Waals surface area contributed by atoms with Crippen molar-refractivity contribution in [3.8, 4) is 0 Å². The van der Waals surface area contributed by atoms with Gasteiger partial charge in [-0.3, -0.25) is 4.79 Å². The summed E-state index contributed by atoms with van der Waals surface area (Å²) in [5.74, 6) is 2.38. The highest BCUT2D eigenvalue weighted by molar-refractivity contribution is 5.90. The lowest BCUT2D eigenvalue weighted by Gasteiger charge is -2.28. The fourth-order valence-electron chi connectivity index (χ4n) is 4.40. The van der Waals surface area contributed by atoms with Gasteiger partial charge in [0.25, 0.3) is 0 Å². The molecule has 1 amide bonds. The zero-order valence-electron chi connectivity index (χ0n) is 14.7. The number of carbonyl (C=O) groups excluding carboxylic acids is 1. The molecule has 1 aliphatic heterocycles. The Kier molecular flexibility index (Phi) is 4.15. The number of likely N-dealkylation sites (tertiary alicyclic amines) is 1. The molecule has 7 heteroatoms. The van der Waals surface area contributed by atoms with E-state index in [0.717, 1.165) is 42.8 Å². The fourth-order valence-corrected chi connectivity index (χ4v) is 4.40. The molecular weight excluding hydrogens is 316 g/mol. The molecule has 2 aliphatic rings. The second-order valence-corrected chi connectivity index (χ2v) is 7.14. The number of hydrogen-bond acceptors (Lipinski definition) is 5. The van der Waals surface area contributed by atoms with Gasteiger partial charge in [0.15, 0.2) is 0 Å². The molecule has 1 N–H and O–H groups in total. The predicted octanol–water partition coefficient (Wildman–Crippen LogP) is 1.72. The minimum Gasteiger partial charge on any atom is -0.356 e. The van der Waals surface area contributed by atoms with Crippen LogP contribution in [0.5, 0.6) is 0 Å². The number of carbonyl (C=O) groups is 1. The standard InChI is InChI=1S/C18H24N6O/c1-19-5-4-16(25)24-9-12-7-14(8-13(12)10-24)23(2)18-15-3-6-20-17(15)21-11-22-18/h3,5-6,11-14H,4,7-10H2,1-2H3,(H,20,21,22)/t12-,13+,14?. The highest BCUT2D eigenvalue weighted by atomic mass is 16.2. The van der Waals surface area contributed by atoms with Crippen LogP contribution in [0.4, 0.5) is 5.82 Å². The third kappa shape index (κ3) is 2.88. The Morgan fingerprint density at radius 3 is 2.88 bits per heavy atom. The van der Waals surface area contributed by atoms with Gasteiger partial charge in [-0.15, -0.1) is 0 Å². The Bertz CT molecular complexity index is 786. The minimum absolute atomic E-state index is 0.203. The lowest BCUT2D eigenvalue weighted by molar-refractivity contribution is -0.129. The molecule has 1 unspecified atom stereocenters. The van der Waals surface area contributed by atoms with E-state index < -0.39 is 0 Å². The van der Waals surface area contributed by atoms with Crippen LogP contribution in [0.1, 0.15) is 19.3 Å². The number of H-pyrrole nitrogens is 1. The highest BCUT2D eigenvalue weighted by Gasteiger charge is 2.43. The van der Waals surface area contributed by atoms with E-state index in [2.05, 4.69) is 31.9 Å². The van der Waals surface area contributed by atoms with Crippen molar-refractivity contribution in [2.75, 3.05) is 32.1 Å². The summed E-state index contributed by atoms with van der Waals surface area (Å²) in [5.41, 5.74) is 0.879. The van der Waals surface area contributed by atoms with E-state index in [0.29, 0.717) is 24.3 Å². The molecule has 132 valence electrons. The first-order chi connectivity index (χ1) is 12.2. The summed E-state index contributed by atoms with van der Waals surface area (Å²) in [6.07, 6.45) is 7.88. The summed E-state index contributed by atoms with van der Waals surface area (Å²) in [6.45, 7) is 1.77. The maximum absolute atomic E-state index is 12.2. The van der Waals surface area contributed by atoms with Gasteiger partial charge >= 0.3 is 0 Å². The van der Waals surface area contributed by atoms with Gasteiger partial charge in [-0.25, -0.2) is 9.97 Å². The third-order valence-corrected chi connectivity index (χ3v) is 5.74. The molecule has 0 spiro atoms. The molecule has 2 fully saturated rings. The molecule has 1 saturated heterocycles. The first-order valence-electron chi connectivity index (χ1n) is 8.86. The number of nitrogens with zero attached hydrogens (tertiary/aromatic N) is 5. The van der Waals surface area contributed by atoms with Crippen LogP contribution in [0.3, 0.4) is 0 Å². The van der Waals surface area contributed by atoms with Crippen molar-refractivity contribution >= 4 is 29.0 Å². The quantitative estimate of drug-likeness (QED) is 0.860. The Labute approximate surface area is 147 Å². The zero-order valence-corrected chi connectivity index (χ0v) is 14.7. The summed E-state index contributed by atoms with van der Waals surface area (Å²) in [5, 5.41) is 1.07. The van der Waals surface area contributed by atoms with Gasteiger partial charge < -0.3 is 19.8 Å². The van der Waals surface area contributed by atoms with Crippen LogP contribution < -0.4 is 4.90 Å². The van der Waals surface area contributed by atoms with E-state index in [1.54, 1.807) is 19.6 Å². The fraction of sp³-hybridized carbons (Fsp3) is 0.556. The smallest absolute Gasteiger partial charge is 0.227 e. The Balaban J connectivity index is 1.43. The normalized spacial score (nSPS) is 25.8. The van der Waals surface area contributed by atoms with Crippen LogP contribution in [-0.4, -0.2) is 65.2 Å². The monoisotopic (exact) mass is 340 g/mol. The summed E-state index contributed by atoms with van der Waals surface area (Å²) in [4.78, 5) is 32.4. The number of rotatable bonds is 4. The van der Waals surface area contributed by atoms with Crippen molar-refractivity contribution in [2.45, 2.75) is 25.3 Å². The highest BCUT2D eigenvalue weighted by Crippen LogP contribution is 2.41. The molecular formula is C18H24N6O. The average molecular weight is 340 g/mol. The van der Waals surface area contributed by atoms with Crippen LogP contribution in [0.25, 0.3) is 11.0 Å². The zero-order chi connectivity index (χ0) is 17.4. The summed E-state index contributed by atoms with van der Waals surface area (Å²) in [6, 6.07) is 2.50. The molecule has 25 heavy (non-hydrogen) atoms. The van der Waals surface area contributed by atoms with Crippen molar-refractivity contribution < 1.29 is 4.79 Å². The Morgan fingerprint density at radius 1 is 1.40 bits per heavy atom. The molecule has 7 nitrogen and oxygen atoms in total. The van der Waals surface area contributed by atoms with E-state index in [1.165, 1.54) is 0 Å². The lowest BCUT2D eigenvalue weighted by Crippen LogP contribution is -2.34. The second-order valence-electron chi connectivity index (χ2n) is 7.14. The molecule has 3 heterocycles. The van der Waals surface area contributed by atoms with E-state index in [1.807, 2.05) is 17.2 Å². The Hall–Kier alpha value is -2.44. The molecule has 1 saturated carbocycles. The SMILES string of the molecule is CN=CCC(=O)N1C[C@H]2CC(N(C)c3ncnc4[nH]ccc34)C[C@H]2C1. The number of aliphatic imine (C=N–C) groups is 1. The summed E-state index contributed by atoms with van der Waals surface area (Å²) in [7, 11) is 3.84. The van der Waals surface area contributed by atoms with Gasteiger partial charge in [0.05, 0.1) is 11.8 Å². The van der Waals surface area contributed by atoms with Crippen LogP contribution in [0, 0.1) is 11.8 Å². The van der Waals surface area contributed by atoms with Gasteiger partial charge in [-0.05, 0) is 30.7 Å². The van der Waals surface area contributed by atoms with Crippen LogP contribution >= 0.6 is 0 Å². The van der Waals surface area contributed by atoms with Gasteiger partial charge in [0, 0.05) is 45.6 Å². The molecule has 0 bridgehead atoms. The van der Waals surface area contributed by atoms with Crippen LogP contribution in [0.2, 0.25) is 0 Å². The topological polar surface area (TPSA) is 77.5 Å². The first kappa shape index (κ1) is 16.1. The summed E-state index contributed by atoms with van der Waals surface area (Å²) < 4.78 is 0. The number of nitrogens with one attached hydrogen (secondary N) is 1. The minimum atomic E-state index is 0.203. The summed E-state index contributed by atoms with van der Waals surface area (Å²) >= 11 is 0. The molecule has 4 rings (SSSR count). The molecule has 3 atom stereocenters. The van der Waals surface area contributed by atoms with Crippen LogP contribution in [-0.2, 0) is 4.79 Å². The largest absolute Gasteiger partial charge is 0.356 e. The average Bonchev–Trinajstić information content (AvgIpc) is 3.31. The number of hydrogen-bond donors (Lipinski definition) is 1. The number of anilines is 1.